The Kier molecular flexibility index (Phi) is 4.78. The number of aromatic nitrogens is 1. The fraction of sp³-hybridized carbons (Fsp3) is 0.111. The molecule has 0 aliphatic carbocycles. The van der Waals surface area contributed by atoms with Gasteiger partial charge in [0.2, 0.25) is 0 Å². The van der Waals surface area contributed by atoms with E-state index < -0.39 is 0 Å². The van der Waals surface area contributed by atoms with Crippen molar-refractivity contribution in [3.05, 3.63) is 80.2 Å². The van der Waals surface area contributed by atoms with Crippen LogP contribution >= 0.6 is 51.1 Å². The number of hydrogen-bond acceptors (Lipinski definition) is 3. The first-order valence-electron chi connectivity index (χ1n) is 7.63. The molecule has 7 heteroatoms. The van der Waals surface area contributed by atoms with Crippen LogP contribution in [-0.4, -0.2) is 10.1 Å². The maximum Gasteiger partial charge on any atom is 0.174 e. The van der Waals surface area contributed by atoms with Crippen LogP contribution in [0.2, 0.25) is 5.02 Å². The minimum Gasteiger partial charge on any atom is -0.351 e. The summed E-state index contributed by atoms with van der Waals surface area (Å²) in [5.74, 6) is 0. The van der Waals surface area contributed by atoms with Crippen molar-refractivity contribution in [3.63, 3.8) is 0 Å². The maximum atomic E-state index is 6.05. The molecule has 2 atom stereocenters. The summed E-state index contributed by atoms with van der Waals surface area (Å²) in [4.78, 5) is 7.90. The van der Waals surface area contributed by atoms with E-state index in [1.807, 2.05) is 48.7 Å². The van der Waals surface area contributed by atoms with Gasteiger partial charge in [-0.3, -0.25) is 4.98 Å². The Balaban J connectivity index is 1.81. The third-order valence-corrected chi connectivity index (χ3v) is 6.41. The van der Waals surface area contributed by atoms with Crippen LogP contribution in [-0.2, 0) is 0 Å². The van der Waals surface area contributed by atoms with Crippen LogP contribution in [0.1, 0.15) is 22.7 Å². The van der Waals surface area contributed by atoms with Gasteiger partial charge in [0, 0.05) is 31.6 Å². The number of thiophene rings is 1. The van der Waals surface area contributed by atoms with Crippen molar-refractivity contribution in [2.45, 2.75) is 12.1 Å². The number of anilines is 1. The highest BCUT2D eigenvalue weighted by molar-refractivity contribution is 9.10. The summed E-state index contributed by atoms with van der Waals surface area (Å²) in [6.07, 6.45) is 1.81. The van der Waals surface area contributed by atoms with Gasteiger partial charge in [0.1, 0.15) is 0 Å². The summed E-state index contributed by atoms with van der Waals surface area (Å²) < 4.78 is 1.07. The molecule has 1 aromatic carbocycles. The van der Waals surface area contributed by atoms with E-state index in [-0.39, 0.29) is 12.1 Å². The average molecular weight is 451 g/mol. The summed E-state index contributed by atoms with van der Waals surface area (Å²) in [7, 11) is 0. The molecule has 3 aromatic rings. The lowest BCUT2D eigenvalue weighted by molar-refractivity contribution is 0.575. The molecule has 1 N–H and O–H groups in total. The quantitative estimate of drug-likeness (QED) is 0.515. The first kappa shape index (κ1) is 17.0. The molecule has 2 aromatic heterocycles. The number of rotatable bonds is 3. The fourth-order valence-corrected chi connectivity index (χ4v) is 5.05. The highest BCUT2D eigenvalue weighted by Crippen LogP contribution is 2.44. The smallest absolute Gasteiger partial charge is 0.174 e. The number of thiocarbonyl (C=S) groups is 1. The van der Waals surface area contributed by atoms with E-state index in [0.29, 0.717) is 10.1 Å². The highest BCUT2D eigenvalue weighted by atomic mass is 79.9. The molecule has 1 fully saturated rings. The molecular weight excluding hydrogens is 438 g/mol. The molecule has 0 unspecified atom stereocenters. The number of halogens is 2. The SMILES string of the molecule is S=C1N[C@H](c2ccccn2)[C@H](c2cc(Br)cs2)N1c1ccc(Cl)cc1. The second kappa shape index (κ2) is 7.03. The van der Waals surface area contributed by atoms with Crippen LogP contribution in [0.3, 0.4) is 0 Å². The van der Waals surface area contributed by atoms with Crippen LogP contribution in [0, 0.1) is 0 Å². The Morgan fingerprint density at radius 3 is 2.64 bits per heavy atom. The number of pyridine rings is 1. The Labute approximate surface area is 168 Å². The van der Waals surface area contributed by atoms with Gasteiger partial charge in [0.25, 0.3) is 0 Å². The van der Waals surface area contributed by atoms with E-state index in [1.54, 1.807) is 11.3 Å². The molecule has 1 aliphatic rings. The average Bonchev–Trinajstić information content (AvgIpc) is 3.20. The topological polar surface area (TPSA) is 28.2 Å². The summed E-state index contributed by atoms with van der Waals surface area (Å²) in [6, 6.07) is 15.9. The predicted molar refractivity (Wildman–Crippen MR) is 111 cm³/mol. The zero-order valence-corrected chi connectivity index (χ0v) is 16.9. The van der Waals surface area contributed by atoms with Crippen LogP contribution in [0.4, 0.5) is 5.69 Å². The third-order valence-electron chi connectivity index (χ3n) is 4.08. The Hall–Kier alpha value is -1.47. The second-order valence-corrected chi connectivity index (χ2v) is 8.32. The monoisotopic (exact) mass is 449 g/mol. The van der Waals surface area contributed by atoms with Gasteiger partial charge in [-0.2, -0.15) is 0 Å². The molecule has 0 saturated carbocycles. The van der Waals surface area contributed by atoms with E-state index >= 15 is 0 Å². The largest absolute Gasteiger partial charge is 0.351 e. The molecule has 1 saturated heterocycles. The number of nitrogens with one attached hydrogen (secondary N) is 1. The van der Waals surface area contributed by atoms with E-state index in [4.69, 9.17) is 23.8 Å². The van der Waals surface area contributed by atoms with Gasteiger partial charge in [-0.15, -0.1) is 11.3 Å². The molecule has 0 bridgehead atoms. The van der Waals surface area contributed by atoms with Crippen molar-refractivity contribution in [1.82, 2.24) is 10.3 Å². The molecule has 3 nitrogen and oxygen atoms in total. The zero-order valence-electron chi connectivity index (χ0n) is 12.9. The summed E-state index contributed by atoms with van der Waals surface area (Å²) in [5, 5.41) is 6.93. The second-order valence-electron chi connectivity index (χ2n) is 5.64. The lowest BCUT2D eigenvalue weighted by Crippen LogP contribution is -2.28. The van der Waals surface area contributed by atoms with Gasteiger partial charge >= 0.3 is 0 Å². The van der Waals surface area contributed by atoms with Crippen LogP contribution in [0.25, 0.3) is 0 Å². The normalized spacial score (nSPS) is 19.9. The standard InChI is InChI=1S/C18H13BrClN3S2/c19-11-9-15(25-10-11)17-16(14-3-1-2-8-21-14)22-18(24)23(17)13-6-4-12(20)5-7-13/h1-10,16-17H,(H,22,24)/t16-,17+/m1/s1. The molecule has 1 aliphatic heterocycles. The molecule has 3 heterocycles. The van der Waals surface area contributed by atoms with Crippen molar-refractivity contribution < 1.29 is 0 Å². The molecule has 25 heavy (non-hydrogen) atoms. The number of nitrogens with zero attached hydrogens (tertiary/aromatic N) is 2. The lowest BCUT2D eigenvalue weighted by Gasteiger charge is -2.26. The lowest BCUT2D eigenvalue weighted by atomic mass is 10.0. The van der Waals surface area contributed by atoms with E-state index in [0.717, 1.165) is 15.9 Å². The maximum absolute atomic E-state index is 6.05. The molecule has 4 rings (SSSR count). The highest BCUT2D eigenvalue weighted by Gasteiger charge is 2.41. The van der Waals surface area contributed by atoms with Crippen molar-refractivity contribution in [2.24, 2.45) is 0 Å². The van der Waals surface area contributed by atoms with Crippen molar-refractivity contribution in [3.8, 4) is 0 Å². The van der Waals surface area contributed by atoms with Gasteiger partial charge in [-0.25, -0.2) is 0 Å². The van der Waals surface area contributed by atoms with Crippen molar-refractivity contribution in [1.29, 1.82) is 0 Å². The Morgan fingerprint density at radius 1 is 1.20 bits per heavy atom. The molecule has 0 amide bonds. The minimum absolute atomic E-state index is 0.0186. The molecule has 126 valence electrons. The zero-order chi connectivity index (χ0) is 17.4. The predicted octanol–water partition coefficient (Wildman–Crippen LogP) is 5.74. The van der Waals surface area contributed by atoms with Crippen LogP contribution in [0.15, 0.2) is 64.6 Å². The first-order valence-corrected chi connectivity index (χ1v) is 10.1. The summed E-state index contributed by atoms with van der Waals surface area (Å²) in [5.41, 5.74) is 1.98. The summed E-state index contributed by atoms with van der Waals surface area (Å²) in [6.45, 7) is 0. The van der Waals surface area contributed by atoms with Crippen LogP contribution in [0.5, 0.6) is 0 Å². The Morgan fingerprint density at radius 2 is 2.00 bits per heavy atom. The number of benzene rings is 1. The fourth-order valence-electron chi connectivity index (χ4n) is 3.01. The Bertz CT molecular complexity index is 898. The van der Waals surface area contributed by atoms with Crippen molar-refractivity contribution >= 4 is 61.9 Å². The molecule has 0 radical (unpaired) electrons. The third kappa shape index (κ3) is 3.31. The summed E-state index contributed by atoms with van der Waals surface area (Å²) >= 11 is 17.0. The van der Waals surface area contributed by atoms with Gasteiger partial charge in [0.05, 0.1) is 17.8 Å². The van der Waals surface area contributed by atoms with Gasteiger partial charge in [-0.1, -0.05) is 17.7 Å². The van der Waals surface area contributed by atoms with E-state index in [1.165, 1.54) is 4.88 Å². The molecular formula is C18H13BrClN3S2. The van der Waals surface area contributed by atoms with Gasteiger partial charge < -0.3 is 10.2 Å². The van der Waals surface area contributed by atoms with E-state index in [9.17, 15) is 0 Å². The van der Waals surface area contributed by atoms with E-state index in [2.05, 4.69) is 42.6 Å². The van der Waals surface area contributed by atoms with Crippen molar-refractivity contribution in [2.75, 3.05) is 4.90 Å². The minimum atomic E-state index is -0.0186. The number of hydrogen-bond donors (Lipinski definition) is 1. The van der Waals surface area contributed by atoms with Gasteiger partial charge in [0.15, 0.2) is 5.11 Å². The van der Waals surface area contributed by atoms with Gasteiger partial charge in [-0.05, 0) is 70.6 Å². The first-order chi connectivity index (χ1) is 12.1. The molecule has 0 spiro atoms. The van der Waals surface area contributed by atoms with Crippen LogP contribution < -0.4 is 10.2 Å².